The largest absolute Gasteiger partial charge is 0.451 e. The van der Waals surface area contributed by atoms with Crippen LogP contribution in [0.15, 0.2) is 60.2 Å². The quantitative estimate of drug-likeness (QED) is 0.645. The monoisotopic (exact) mass is 355 g/mol. The van der Waals surface area contributed by atoms with Gasteiger partial charge in [-0.2, -0.15) is 0 Å². The number of hydrogen-bond donors (Lipinski definition) is 1. The van der Waals surface area contributed by atoms with Gasteiger partial charge in [-0.05, 0) is 49.3 Å². The summed E-state index contributed by atoms with van der Waals surface area (Å²) in [4.78, 5) is 12.7. The summed E-state index contributed by atoms with van der Waals surface area (Å²) in [5.41, 5.74) is 2.01. The second kappa shape index (κ2) is 7.85. The van der Waals surface area contributed by atoms with Gasteiger partial charge < -0.3 is 10.1 Å². The van der Waals surface area contributed by atoms with E-state index in [4.69, 9.17) is 16.3 Å². The van der Waals surface area contributed by atoms with E-state index in [9.17, 15) is 4.79 Å². The van der Waals surface area contributed by atoms with Crippen molar-refractivity contribution >= 4 is 23.6 Å². The maximum absolute atomic E-state index is 12.7. The standard InChI is InChI=1S/C21H22ClNO2/c1-16(15-17-7-9-19(22)10-8-17)20(24)25-21(11-13-23-14-12-21)18-5-3-2-4-6-18/h2-10,15,23H,11-14H2,1H3/b16-15+. The van der Waals surface area contributed by atoms with Crippen LogP contribution in [0.5, 0.6) is 0 Å². The van der Waals surface area contributed by atoms with Crippen LogP contribution in [0.1, 0.15) is 30.9 Å². The summed E-state index contributed by atoms with van der Waals surface area (Å²) in [5.74, 6) is -0.277. The summed E-state index contributed by atoms with van der Waals surface area (Å²) in [6.45, 7) is 3.46. The van der Waals surface area contributed by atoms with Crippen molar-refractivity contribution in [3.63, 3.8) is 0 Å². The molecule has 0 atom stereocenters. The molecule has 2 aromatic carbocycles. The topological polar surface area (TPSA) is 38.3 Å². The Balaban J connectivity index is 1.82. The Bertz CT molecular complexity index is 747. The minimum Gasteiger partial charge on any atom is -0.451 e. The van der Waals surface area contributed by atoms with Crippen LogP contribution in [0.4, 0.5) is 0 Å². The van der Waals surface area contributed by atoms with Gasteiger partial charge in [0.2, 0.25) is 0 Å². The fourth-order valence-corrected chi connectivity index (χ4v) is 3.27. The van der Waals surface area contributed by atoms with E-state index in [1.807, 2.05) is 60.7 Å². The third-order valence-electron chi connectivity index (χ3n) is 4.57. The summed E-state index contributed by atoms with van der Waals surface area (Å²) >= 11 is 5.91. The molecule has 0 unspecified atom stereocenters. The predicted molar refractivity (Wildman–Crippen MR) is 101 cm³/mol. The van der Waals surface area contributed by atoms with Crippen LogP contribution in [0.2, 0.25) is 5.02 Å². The van der Waals surface area contributed by atoms with Gasteiger partial charge in [-0.25, -0.2) is 4.79 Å². The van der Waals surface area contributed by atoms with Gasteiger partial charge in [0, 0.05) is 23.4 Å². The molecule has 130 valence electrons. The van der Waals surface area contributed by atoms with E-state index >= 15 is 0 Å². The highest BCUT2D eigenvalue weighted by Crippen LogP contribution is 2.35. The van der Waals surface area contributed by atoms with E-state index in [0.717, 1.165) is 37.1 Å². The number of benzene rings is 2. The Morgan fingerprint density at radius 2 is 1.72 bits per heavy atom. The number of ether oxygens (including phenoxy) is 1. The van der Waals surface area contributed by atoms with Crippen molar-refractivity contribution in [3.05, 3.63) is 76.3 Å². The highest BCUT2D eigenvalue weighted by molar-refractivity contribution is 6.30. The van der Waals surface area contributed by atoms with Crippen molar-refractivity contribution in [2.24, 2.45) is 0 Å². The fraction of sp³-hybridized carbons (Fsp3) is 0.286. The Morgan fingerprint density at radius 3 is 2.36 bits per heavy atom. The SMILES string of the molecule is C/C(=C\c1ccc(Cl)cc1)C(=O)OC1(c2ccccc2)CCNCC1. The summed E-state index contributed by atoms with van der Waals surface area (Å²) in [6, 6.07) is 17.4. The third-order valence-corrected chi connectivity index (χ3v) is 4.83. The van der Waals surface area contributed by atoms with Gasteiger partial charge in [-0.1, -0.05) is 54.1 Å². The highest BCUT2D eigenvalue weighted by Gasteiger charge is 2.37. The maximum atomic E-state index is 12.7. The predicted octanol–water partition coefficient (Wildman–Crippen LogP) is 4.57. The van der Waals surface area contributed by atoms with Crippen molar-refractivity contribution in [3.8, 4) is 0 Å². The van der Waals surface area contributed by atoms with E-state index in [-0.39, 0.29) is 5.97 Å². The number of hydrogen-bond acceptors (Lipinski definition) is 3. The maximum Gasteiger partial charge on any atom is 0.334 e. The first-order valence-electron chi connectivity index (χ1n) is 8.52. The molecule has 0 radical (unpaired) electrons. The van der Waals surface area contributed by atoms with Gasteiger partial charge in [0.05, 0.1) is 0 Å². The van der Waals surface area contributed by atoms with Crippen LogP contribution in [-0.4, -0.2) is 19.1 Å². The molecule has 1 heterocycles. The second-order valence-corrected chi connectivity index (χ2v) is 6.82. The molecule has 25 heavy (non-hydrogen) atoms. The molecule has 0 bridgehead atoms. The van der Waals surface area contributed by atoms with Crippen molar-refractivity contribution in [2.45, 2.75) is 25.4 Å². The average Bonchev–Trinajstić information content (AvgIpc) is 2.65. The van der Waals surface area contributed by atoms with Crippen LogP contribution < -0.4 is 5.32 Å². The van der Waals surface area contributed by atoms with Crippen LogP contribution in [0.25, 0.3) is 6.08 Å². The summed E-state index contributed by atoms with van der Waals surface area (Å²) in [5, 5.41) is 4.01. The smallest absolute Gasteiger partial charge is 0.334 e. The lowest BCUT2D eigenvalue weighted by molar-refractivity contribution is -0.159. The Morgan fingerprint density at radius 1 is 1.08 bits per heavy atom. The Hall–Kier alpha value is -2.10. The van der Waals surface area contributed by atoms with Gasteiger partial charge >= 0.3 is 5.97 Å². The molecule has 1 N–H and O–H groups in total. The summed E-state index contributed by atoms with van der Waals surface area (Å²) in [7, 11) is 0. The molecule has 4 heteroatoms. The number of halogens is 1. The molecule has 0 aliphatic carbocycles. The fourth-order valence-electron chi connectivity index (χ4n) is 3.15. The summed E-state index contributed by atoms with van der Waals surface area (Å²) in [6.07, 6.45) is 3.38. The second-order valence-electron chi connectivity index (χ2n) is 6.38. The molecular formula is C21H22ClNO2. The van der Waals surface area contributed by atoms with E-state index < -0.39 is 5.60 Å². The molecule has 3 rings (SSSR count). The molecule has 1 fully saturated rings. The first-order chi connectivity index (χ1) is 12.1. The summed E-state index contributed by atoms with van der Waals surface area (Å²) < 4.78 is 6.05. The highest BCUT2D eigenvalue weighted by atomic mass is 35.5. The minimum atomic E-state index is -0.557. The Labute approximate surface area is 153 Å². The van der Waals surface area contributed by atoms with E-state index in [1.54, 1.807) is 6.92 Å². The van der Waals surface area contributed by atoms with E-state index in [0.29, 0.717) is 10.6 Å². The molecule has 3 nitrogen and oxygen atoms in total. The van der Waals surface area contributed by atoms with Crippen molar-refractivity contribution in [1.29, 1.82) is 0 Å². The molecule has 0 spiro atoms. The minimum absolute atomic E-state index is 0.277. The first kappa shape index (κ1) is 17.7. The van der Waals surface area contributed by atoms with Gasteiger partial charge in [-0.3, -0.25) is 0 Å². The lowest BCUT2D eigenvalue weighted by atomic mass is 9.84. The molecule has 1 aliphatic rings. The molecular weight excluding hydrogens is 334 g/mol. The molecule has 2 aromatic rings. The zero-order chi connectivity index (χ0) is 17.7. The molecule has 0 saturated carbocycles. The average molecular weight is 356 g/mol. The number of esters is 1. The van der Waals surface area contributed by atoms with Crippen LogP contribution in [-0.2, 0) is 15.1 Å². The molecule has 0 amide bonds. The van der Waals surface area contributed by atoms with E-state index in [2.05, 4.69) is 5.32 Å². The van der Waals surface area contributed by atoms with Gasteiger partial charge in [0.25, 0.3) is 0 Å². The van der Waals surface area contributed by atoms with Crippen molar-refractivity contribution in [1.82, 2.24) is 5.32 Å². The van der Waals surface area contributed by atoms with Crippen molar-refractivity contribution in [2.75, 3.05) is 13.1 Å². The van der Waals surface area contributed by atoms with Crippen LogP contribution >= 0.6 is 11.6 Å². The molecule has 1 saturated heterocycles. The Kier molecular flexibility index (Phi) is 5.57. The zero-order valence-corrected chi connectivity index (χ0v) is 15.1. The lowest BCUT2D eigenvalue weighted by Gasteiger charge is -2.37. The number of nitrogens with one attached hydrogen (secondary N) is 1. The van der Waals surface area contributed by atoms with Crippen LogP contribution in [0.3, 0.4) is 0 Å². The number of carbonyl (C=O) groups excluding carboxylic acids is 1. The van der Waals surface area contributed by atoms with E-state index in [1.165, 1.54) is 0 Å². The third kappa shape index (κ3) is 4.30. The van der Waals surface area contributed by atoms with Crippen LogP contribution in [0, 0.1) is 0 Å². The molecule has 0 aromatic heterocycles. The first-order valence-corrected chi connectivity index (χ1v) is 8.90. The van der Waals surface area contributed by atoms with Gasteiger partial charge in [0.15, 0.2) is 0 Å². The van der Waals surface area contributed by atoms with Crippen molar-refractivity contribution < 1.29 is 9.53 Å². The molecule has 1 aliphatic heterocycles. The number of carbonyl (C=O) groups is 1. The zero-order valence-electron chi connectivity index (χ0n) is 14.3. The lowest BCUT2D eigenvalue weighted by Crippen LogP contribution is -2.43. The number of piperidine rings is 1. The van der Waals surface area contributed by atoms with Gasteiger partial charge in [-0.15, -0.1) is 0 Å². The number of rotatable bonds is 4. The van der Waals surface area contributed by atoms with Gasteiger partial charge in [0.1, 0.15) is 5.60 Å². The normalized spacial score (nSPS) is 17.1.